The highest BCUT2D eigenvalue weighted by Gasteiger charge is 2.34. The molecule has 2 aliphatic rings. The minimum atomic E-state index is -0.577. The topological polar surface area (TPSA) is 127 Å². The van der Waals surface area contributed by atoms with Crippen LogP contribution in [0.1, 0.15) is 10.5 Å². The second kappa shape index (κ2) is 8.61. The number of hydrazine groups is 1. The maximum absolute atomic E-state index is 12.6. The van der Waals surface area contributed by atoms with E-state index in [-0.39, 0.29) is 11.8 Å². The molecule has 4 N–H and O–H groups in total. The van der Waals surface area contributed by atoms with Gasteiger partial charge in [-0.15, -0.1) is 11.3 Å². The monoisotopic (exact) mass is 404 g/mol. The van der Waals surface area contributed by atoms with Crippen LogP contribution in [0.3, 0.4) is 0 Å². The van der Waals surface area contributed by atoms with Crippen molar-refractivity contribution in [2.75, 3.05) is 32.9 Å². The highest BCUT2D eigenvalue weighted by molar-refractivity contribution is 7.13. The smallest absolute Gasteiger partial charge is 0.271 e. The molecule has 0 aliphatic carbocycles. The first kappa shape index (κ1) is 18.7. The number of ether oxygens (including phenoxy) is 2. The molecule has 0 radical (unpaired) electrons. The Morgan fingerprint density at radius 3 is 3.07 bits per heavy atom. The molecule has 0 aromatic carbocycles. The second-order valence-corrected chi connectivity index (χ2v) is 7.11. The fraction of sp³-hybridized carbons (Fsp3) is 0.412. The van der Waals surface area contributed by atoms with E-state index in [1.165, 1.54) is 11.3 Å². The van der Waals surface area contributed by atoms with Crippen LogP contribution in [0.25, 0.3) is 10.6 Å². The third-order valence-corrected chi connectivity index (χ3v) is 5.21. The molecule has 2 amide bonds. The van der Waals surface area contributed by atoms with Gasteiger partial charge in [-0.25, -0.2) is 15.4 Å². The lowest BCUT2D eigenvalue weighted by Crippen LogP contribution is -2.53. The van der Waals surface area contributed by atoms with Crippen LogP contribution in [0.2, 0.25) is 0 Å². The van der Waals surface area contributed by atoms with Crippen LogP contribution < -0.4 is 26.2 Å². The molecule has 1 fully saturated rings. The molecule has 10 nitrogen and oxygen atoms in total. The highest BCUT2D eigenvalue weighted by Crippen LogP contribution is 2.26. The Kier molecular flexibility index (Phi) is 5.76. The number of aromatic nitrogens is 2. The molecule has 11 heteroatoms. The zero-order valence-corrected chi connectivity index (χ0v) is 15.8. The molecule has 2 aromatic heterocycles. The van der Waals surface area contributed by atoms with E-state index in [2.05, 4.69) is 31.5 Å². The Morgan fingerprint density at radius 1 is 1.21 bits per heavy atom. The quantitative estimate of drug-likeness (QED) is 0.454. The summed E-state index contributed by atoms with van der Waals surface area (Å²) < 4.78 is 11.1. The molecule has 2 unspecified atom stereocenters. The van der Waals surface area contributed by atoms with Crippen LogP contribution >= 0.6 is 11.3 Å². The van der Waals surface area contributed by atoms with Crippen LogP contribution in [0.4, 0.5) is 0 Å². The van der Waals surface area contributed by atoms with Gasteiger partial charge in [-0.3, -0.25) is 15.0 Å². The fourth-order valence-corrected chi connectivity index (χ4v) is 3.71. The van der Waals surface area contributed by atoms with E-state index in [0.717, 1.165) is 5.56 Å². The van der Waals surface area contributed by atoms with Gasteiger partial charge in [0.1, 0.15) is 23.4 Å². The van der Waals surface area contributed by atoms with Crippen molar-refractivity contribution in [3.63, 3.8) is 0 Å². The van der Waals surface area contributed by atoms with Gasteiger partial charge in [-0.05, 0) is 6.07 Å². The average Bonchev–Trinajstić information content (AvgIpc) is 3.36. The summed E-state index contributed by atoms with van der Waals surface area (Å²) >= 11 is 1.36. The van der Waals surface area contributed by atoms with Gasteiger partial charge in [0.15, 0.2) is 0 Å². The van der Waals surface area contributed by atoms with Gasteiger partial charge < -0.3 is 20.1 Å². The molecule has 28 heavy (non-hydrogen) atoms. The number of nitrogens with one attached hydrogen (secondary N) is 4. The van der Waals surface area contributed by atoms with Gasteiger partial charge >= 0.3 is 0 Å². The molecular weight excluding hydrogens is 384 g/mol. The first-order valence-electron chi connectivity index (χ1n) is 8.90. The van der Waals surface area contributed by atoms with E-state index in [1.54, 1.807) is 17.6 Å². The van der Waals surface area contributed by atoms with Crippen LogP contribution in [-0.4, -0.2) is 66.8 Å². The van der Waals surface area contributed by atoms with Crippen molar-refractivity contribution in [3.05, 3.63) is 29.4 Å². The van der Waals surface area contributed by atoms with Crippen LogP contribution in [0.5, 0.6) is 5.88 Å². The Hall–Kier alpha value is -2.60. The molecule has 4 bridgehead atoms. The Balaban J connectivity index is 1.56. The molecule has 2 atom stereocenters. The predicted octanol–water partition coefficient (Wildman–Crippen LogP) is -0.695. The maximum atomic E-state index is 12.6. The van der Waals surface area contributed by atoms with E-state index < -0.39 is 12.1 Å². The first-order valence-corrected chi connectivity index (χ1v) is 9.78. The van der Waals surface area contributed by atoms with Crippen molar-refractivity contribution < 1.29 is 19.1 Å². The van der Waals surface area contributed by atoms with Gasteiger partial charge in [0.05, 0.1) is 19.3 Å². The Bertz CT molecular complexity index is 860. The van der Waals surface area contributed by atoms with E-state index in [9.17, 15) is 9.59 Å². The van der Waals surface area contributed by atoms with Gasteiger partial charge in [0.25, 0.3) is 5.91 Å². The van der Waals surface area contributed by atoms with Crippen LogP contribution in [-0.2, 0) is 9.53 Å². The summed E-state index contributed by atoms with van der Waals surface area (Å²) in [5.41, 5.74) is 6.93. The van der Waals surface area contributed by atoms with Crippen LogP contribution in [0.15, 0.2) is 23.7 Å². The van der Waals surface area contributed by atoms with Crippen molar-refractivity contribution in [3.8, 4) is 16.5 Å². The lowest BCUT2D eigenvalue weighted by molar-refractivity contribution is -0.123. The van der Waals surface area contributed by atoms with Gasteiger partial charge in [-0.2, -0.15) is 0 Å². The van der Waals surface area contributed by atoms with Crippen molar-refractivity contribution in [2.45, 2.75) is 12.1 Å². The Labute approximate surface area is 165 Å². The summed E-state index contributed by atoms with van der Waals surface area (Å²) in [4.78, 5) is 33.6. The molecule has 1 saturated heterocycles. The van der Waals surface area contributed by atoms with Crippen molar-refractivity contribution in [2.24, 2.45) is 0 Å². The summed E-state index contributed by atoms with van der Waals surface area (Å²) in [6.45, 7) is 1.88. The van der Waals surface area contributed by atoms with Crippen molar-refractivity contribution in [1.29, 1.82) is 0 Å². The number of pyridine rings is 1. The number of nitrogens with zero attached hydrogens (tertiary/aromatic N) is 2. The molecule has 4 rings (SSSR count). The number of hydrogen-bond donors (Lipinski definition) is 4. The third kappa shape index (κ3) is 4.28. The minimum Gasteiger partial charge on any atom is -0.475 e. The average molecular weight is 404 g/mol. The standard InChI is InChI=1S/C17H20N6O4S/c24-15-12-9-28-17(22-12)10-1-2-18-13(7-10)27-6-5-26-4-3-19-16(25)14-11(21-15)8-20-23-14/h1-2,7,9,11,14,20,23H,3-6,8H2,(H,19,25)(H,21,24). The normalized spacial score (nSPS) is 23.6. The number of hydrogen-bond acceptors (Lipinski definition) is 9. The lowest BCUT2D eigenvalue weighted by Gasteiger charge is -2.19. The predicted molar refractivity (Wildman–Crippen MR) is 101 cm³/mol. The van der Waals surface area contributed by atoms with Gasteiger partial charge in [-0.1, -0.05) is 0 Å². The number of fused-ring (bicyclic) bond motifs is 6. The highest BCUT2D eigenvalue weighted by atomic mass is 32.1. The number of carbonyl (C=O) groups excluding carboxylic acids is 2. The molecule has 2 aliphatic heterocycles. The van der Waals surface area contributed by atoms with Gasteiger partial charge in [0.2, 0.25) is 11.8 Å². The lowest BCUT2D eigenvalue weighted by atomic mass is 10.1. The number of thiazole rings is 1. The molecule has 148 valence electrons. The summed E-state index contributed by atoms with van der Waals surface area (Å²) in [7, 11) is 0. The summed E-state index contributed by atoms with van der Waals surface area (Å²) in [5.74, 6) is -0.0807. The maximum Gasteiger partial charge on any atom is 0.271 e. The summed E-state index contributed by atoms with van der Waals surface area (Å²) in [6.07, 6.45) is 1.64. The molecule has 2 aromatic rings. The fourth-order valence-electron chi connectivity index (χ4n) is 2.92. The first-order chi connectivity index (χ1) is 13.7. The van der Waals surface area contributed by atoms with E-state index in [0.29, 0.717) is 49.5 Å². The zero-order chi connectivity index (χ0) is 19.3. The third-order valence-electron chi connectivity index (χ3n) is 4.32. The van der Waals surface area contributed by atoms with E-state index >= 15 is 0 Å². The van der Waals surface area contributed by atoms with E-state index in [4.69, 9.17) is 9.47 Å². The number of carbonyl (C=O) groups is 2. The Morgan fingerprint density at radius 2 is 2.14 bits per heavy atom. The van der Waals surface area contributed by atoms with E-state index in [1.807, 2.05) is 6.07 Å². The largest absolute Gasteiger partial charge is 0.475 e. The summed E-state index contributed by atoms with van der Waals surface area (Å²) in [6, 6.07) is 2.63. The SMILES string of the molecule is O=C1NC2CNNC2C(=O)NCCOCCOc2cc(ccn2)-c2nc1cs2. The second-order valence-electron chi connectivity index (χ2n) is 6.26. The van der Waals surface area contributed by atoms with Gasteiger partial charge in [0, 0.05) is 36.3 Å². The van der Waals surface area contributed by atoms with Crippen molar-refractivity contribution >= 4 is 23.2 Å². The zero-order valence-electron chi connectivity index (χ0n) is 14.9. The molecular formula is C17H20N6O4S. The molecule has 4 heterocycles. The minimum absolute atomic E-state index is 0.214. The molecule has 0 spiro atoms. The molecule has 0 saturated carbocycles. The summed E-state index contributed by atoms with van der Waals surface area (Å²) in [5, 5.41) is 8.04. The van der Waals surface area contributed by atoms with Crippen molar-refractivity contribution in [1.82, 2.24) is 31.5 Å². The van der Waals surface area contributed by atoms with Crippen LogP contribution in [0, 0.1) is 0 Å². The number of rotatable bonds is 0. The number of amides is 2.